The summed E-state index contributed by atoms with van der Waals surface area (Å²) < 4.78 is 7.51. The van der Waals surface area contributed by atoms with Crippen molar-refractivity contribution in [2.75, 3.05) is 20.3 Å². The van der Waals surface area contributed by atoms with Crippen LogP contribution in [0.1, 0.15) is 25.5 Å². The third-order valence-corrected chi connectivity index (χ3v) is 3.42. The summed E-state index contributed by atoms with van der Waals surface area (Å²) in [6.07, 6.45) is 2.45. The SMILES string of the molecule is CCCCn1c(CNCCOC)cc2ccccc21. The molecule has 104 valence electrons. The highest BCUT2D eigenvalue weighted by Gasteiger charge is 2.07. The van der Waals surface area contributed by atoms with Crippen LogP contribution >= 0.6 is 0 Å². The molecule has 0 fully saturated rings. The normalized spacial score (nSPS) is 11.3. The van der Waals surface area contributed by atoms with E-state index in [1.807, 2.05) is 0 Å². The topological polar surface area (TPSA) is 26.2 Å². The molecule has 0 aliphatic carbocycles. The summed E-state index contributed by atoms with van der Waals surface area (Å²) in [5, 5.41) is 4.77. The molecule has 0 spiro atoms. The molecule has 0 aliphatic heterocycles. The predicted octanol–water partition coefficient (Wildman–Crippen LogP) is 3.18. The van der Waals surface area contributed by atoms with Gasteiger partial charge in [-0.1, -0.05) is 31.5 Å². The van der Waals surface area contributed by atoms with Gasteiger partial charge in [0.1, 0.15) is 0 Å². The number of rotatable bonds is 8. The Morgan fingerprint density at radius 1 is 1.26 bits per heavy atom. The molecule has 0 aliphatic rings. The molecule has 3 nitrogen and oxygen atoms in total. The number of unbranched alkanes of at least 4 members (excludes halogenated alkanes) is 1. The molecule has 1 heterocycles. The van der Waals surface area contributed by atoms with Crippen LogP contribution in [0.5, 0.6) is 0 Å². The van der Waals surface area contributed by atoms with Crippen molar-refractivity contribution in [1.29, 1.82) is 0 Å². The number of fused-ring (bicyclic) bond motifs is 1. The summed E-state index contributed by atoms with van der Waals surface area (Å²) >= 11 is 0. The van der Waals surface area contributed by atoms with Crippen LogP contribution < -0.4 is 5.32 Å². The predicted molar refractivity (Wildman–Crippen MR) is 80.4 cm³/mol. The lowest BCUT2D eigenvalue weighted by Crippen LogP contribution is -2.20. The van der Waals surface area contributed by atoms with Gasteiger partial charge in [-0.2, -0.15) is 0 Å². The van der Waals surface area contributed by atoms with E-state index in [1.165, 1.54) is 29.4 Å². The Labute approximate surface area is 115 Å². The van der Waals surface area contributed by atoms with Gasteiger partial charge in [0, 0.05) is 38.0 Å². The Morgan fingerprint density at radius 2 is 2.11 bits per heavy atom. The second kappa shape index (κ2) is 7.31. The van der Waals surface area contributed by atoms with E-state index in [9.17, 15) is 0 Å². The van der Waals surface area contributed by atoms with E-state index in [0.717, 1.165) is 26.2 Å². The van der Waals surface area contributed by atoms with E-state index >= 15 is 0 Å². The number of benzene rings is 1. The number of methoxy groups -OCH3 is 1. The van der Waals surface area contributed by atoms with Crippen LogP contribution in [-0.4, -0.2) is 24.8 Å². The maximum atomic E-state index is 5.06. The van der Waals surface area contributed by atoms with E-state index in [2.05, 4.69) is 47.1 Å². The zero-order valence-electron chi connectivity index (χ0n) is 12.0. The minimum Gasteiger partial charge on any atom is -0.383 e. The Bertz CT molecular complexity index is 504. The van der Waals surface area contributed by atoms with Gasteiger partial charge in [-0.25, -0.2) is 0 Å². The van der Waals surface area contributed by atoms with Crippen molar-refractivity contribution in [3.05, 3.63) is 36.0 Å². The van der Waals surface area contributed by atoms with E-state index < -0.39 is 0 Å². The Hall–Kier alpha value is -1.32. The van der Waals surface area contributed by atoms with Crippen LogP contribution in [0.25, 0.3) is 10.9 Å². The van der Waals surface area contributed by atoms with Crippen molar-refractivity contribution in [2.24, 2.45) is 0 Å². The van der Waals surface area contributed by atoms with Crippen molar-refractivity contribution in [1.82, 2.24) is 9.88 Å². The molecule has 0 saturated carbocycles. The number of nitrogens with zero attached hydrogens (tertiary/aromatic N) is 1. The summed E-state index contributed by atoms with van der Waals surface area (Å²) in [6, 6.07) is 10.9. The lowest BCUT2D eigenvalue weighted by molar-refractivity contribution is 0.199. The Morgan fingerprint density at radius 3 is 2.89 bits per heavy atom. The summed E-state index contributed by atoms with van der Waals surface area (Å²) in [6.45, 7) is 5.90. The Kier molecular flexibility index (Phi) is 5.43. The van der Waals surface area contributed by atoms with E-state index in [-0.39, 0.29) is 0 Å². The smallest absolute Gasteiger partial charge is 0.0587 e. The van der Waals surface area contributed by atoms with Gasteiger partial charge in [0.25, 0.3) is 0 Å². The molecule has 2 aromatic rings. The molecular weight excluding hydrogens is 236 g/mol. The number of aryl methyl sites for hydroxylation is 1. The van der Waals surface area contributed by atoms with E-state index in [1.54, 1.807) is 7.11 Å². The second-order valence-corrected chi connectivity index (χ2v) is 4.87. The second-order valence-electron chi connectivity index (χ2n) is 4.87. The van der Waals surface area contributed by atoms with Crippen molar-refractivity contribution < 1.29 is 4.74 Å². The summed E-state index contributed by atoms with van der Waals surface area (Å²) in [4.78, 5) is 0. The molecule has 3 heteroatoms. The zero-order chi connectivity index (χ0) is 13.5. The van der Waals surface area contributed by atoms with Crippen molar-refractivity contribution in [2.45, 2.75) is 32.9 Å². The van der Waals surface area contributed by atoms with Crippen molar-refractivity contribution in [3.8, 4) is 0 Å². The van der Waals surface area contributed by atoms with Gasteiger partial charge in [-0.3, -0.25) is 0 Å². The summed E-state index contributed by atoms with van der Waals surface area (Å²) in [5.74, 6) is 0. The number of hydrogen-bond donors (Lipinski definition) is 1. The Balaban J connectivity index is 2.15. The molecule has 1 aromatic carbocycles. The number of hydrogen-bond acceptors (Lipinski definition) is 2. The molecule has 0 unspecified atom stereocenters. The van der Waals surface area contributed by atoms with Gasteiger partial charge >= 0.3 is 0 Å². The standard InChI is InChI=1S/C16H24N2O/c1-3-4-10-18-15(13-17-9-11-19-2)12-14-7-5-6-8-16(14)18/h5-8,12,17H,3-4,9-11,13H2,1-2H3. The monoisotopic (exact) mass is 260 g/mol. The fourth-order valence-corrected chi connectivity index (χ4v) is 2.38. The first kappa shape index (κ1) is 14.1. The largest absolute Gasteiger partial charge is 0.383 e. The van der Waals surface area contributed by atoms with Gasteiger partial charge < -0.3 is 14.6 Å². The summed E-state index contributed by atoms with van der Waals surface area (Å²) in [7, 11) is 1.74. The molecule has 1 aromatic heterocycles. The molecule has 0 radical (unpaired) electrons. The first-order valence-corrected chi connectivity index (χ1v) is 7.13. The highest BCUT2D eigenvalue weighted by atomic mass is 16.5. The van der Waals surface area contributed by atoms with Gasteiger partial charge in [0.2, 0.25) is 0 Å². The first-order valence-electron chi connectivity index (χ1n) is 7.13. The number of aromatic nitrogens is 1. The minimum atomic E-state index is 0.759. The maximum Gasteiger partial charge on any atom is 0.0587 e. The average Bonchev–Trinajstić information content (AvgIpc) is 2.79. The van der Waals surface area contributed by atoms with E-state index in [4.69, 9.17) is 4.74 Å². The fourth-order valence-electron chi connectivity index (χ4n) is 2.38. The van der Waals surface area contributed by atoms with Crippen LogP contribution in [0.3, 0.4) is 0 Å². The zero-order valence-corrected chi connectivity index (χ0v) is 12.0. The van der Waals surface area contributed by atoms with Gasteiger partial charge in [0.15, 0.2) is 0 Å². The van der Waals surface area contributed by atoms with Gasteiger partial charge in [-0.15, -0.1) is 0 Å². The molecule has 0 saturated heterocycles. The maximum absolute atomic E-state index is 5.06. The number of nitrogens with one attached hydrogen (secondary N) is 1. The lowest BCUT2D eigenvalue weighted by Gasteiger charge is -2.11. The minimum absolute atomic E-state index is 0.759. The van der Waals surface area contributed by atoms with Crippen molar-refractivity contribution in [3.63, 3.8) is 0 Å². The average molecular weight is 260 g/mol. The van der Waals surface area contributed by atoms with Gasteiger partial charge in [-0.05, 0) is 23.9 Å². The van der Waals surface area contributed by atoms with Crippen LogP contribution in [0.4, 0.5) is 0 Å². The van der Waals surface area contributed by atoms with Crippen LogP contribution in [0.15, 0.2) is 30.3 Å². The molecule has 0 amide bonds. The van der Waals surface area contributed by atoms with Gasteiger partial charge in [0.05, 0.1) is 6.61 Å². The summed E-state index contributed by atoms with van der Waals surface area (Å²) in [5.41, 5.74) is 2.71. The first-order chi connectivity index (χ1) is 9.36. The highest BCUT2D eigenvalue weighted by molar-refractivity contribution is 5.81. The third-order valence-electron chi connectivity index (χ3n) is 3.42. The molecule has 0 atom stereocenters. The quantitative estimate of drug-likeness (QED) is 0.738. The third kappa shape index (κ3) is 3.58. The molecule has 2 rings (SSSR count). The molecule has 19 heavy (non-hydrogen) atoms. The van der Waals surface area contributed by atoms with E-state index in [0.29, 0.717) is 0 Å². The van der Waals surface area contributed by atoms with Crippen LogP contribution in [-0.2, 0) is 17.8 Å². The van der Waals surface area contributed by atoms with Crippen molar-refractivity contribution >= 4 is 10.9 Å². The highest BCUT2D eigenvalue weighted by Crippen LogP contribution is 2.20. The molecule has 0 bridgehead atoms. The fraction of sp³-hybridized carbons (Fsp3) is 0.500. The van der Waals surface area contributed by atoms with Crippen LogP contribution in [0, 0.1) is 0 Å². The van der Waals surface area contributed by atoms with Crippen LogP contribution in [0.2, 0.25) is 0 Å². The lowest BCUT2D eigenvalue weighted by atomic mass is 10.2. The number of ether oxygens (including phenoxy) is 1. The molecular formula is C16H24N2O. The molecule has 1 N–H and O–H groups in total. The number of para-hydroxylation sites is 1.